The number of carbonyl (C=O) groups is 1. The average molecular weight is 211 g/mol. The van der Waals surface area contributed by atoms with E-state index in [0.29, 0.717) is 6.54 Å². The molecule has 0 fully saturated rings. The Labute approximate surface area is 89.7 Å². The van der Waals surface area contributed by atoms with Crippen molar-refractivity contribution in [2.45, 2.75) is 19.4 Å². The van der Waals surface area contributed by atoms with Gasteiger partial charge in [0.05, 0.1) is 6.10 Å². The molecule has 0 saturated carbocycles. The third-order valence-electron chi connectivity index (χ3n) is 1.65. The lowest BCUT2D eigenvalue weighted by atomic mass is 10.3. The van der Waals surface area contributed by atoms with Crippen LogP contribution in [-0.4, -0.2) is 24.2 Å². The number of ether oxygens (including phenoxy) is 1. The molecule has 0 aliphatic rings. The van der Waals surface area contributed by atoms with E-state index in [4.69, 9.17) is 20.4 Å². The highest BCUT2D eigenvalue weighted by atomic mass is 16.5. The molecule has 0 saturated heterocycles. The summed E-state index contributed by atoms with van der Waals surface area (Å²) in [5.74, 6) is 0.915. The van der Waals surface area contributed by atoms with Crippen molar-refractivity contribution in [1.29, 1.82) is 0 Å². The molecule has 0 bridgehead atoms. The maximum Gasteiger partial charge on any atom is 0.290 e. The fourth-order valence-electron chi connectivity index (χ4n) is 1.03. The van der Waals surface area contributed by atoms with Gasteiger partial charge in [0.2, 0.25) is 0 Å². The molecule has 0 radical (unpaired) electrons. The fraction of sp³-hybridized carbons (Fsp3) is 0.364. The zero-order chi connectivity index (χ0) is 11.5. The smallest absolute Gasteiger partial charge is 0.290 e. The Morgan fingerprint density at radius 2 is 2.00 bits per heavy atom. The van der Waals surface area contributed by atoms with E-state index < -0.39 is 0 Å². The molecule has 4 heteroatoms. The van der Waals surface area contributed by atoms with Crippen molar-refractivity contribution in [3.63, 3.8) is 0 Å². The molecule has 1 unspecified atom stereocenters. The Bertz CT molecular complexity index is 251. The second-order valence-corrected chi connectivity index (χ2v) is 2.92. The van der Waals surface area contributed by atoms with Crippen LogP contribution in [0.5, 0.6) is 5.75 Å². The molecule has 0 aliphatic heterocycles. The third-order valence-corrected chi connectivity index (χ3v) is 1.65. The summed E-state index contributed by atoms with van der Waals surface area (Å²) in [6.07, 6.45) is 1.10. The Hall–Kier alpha value is -1.55. The molecular weight excluding hydrogens is 194 g/mol. The highest BCUT2D eigenvalue weighted by Gasteiger charge is 2.00. The van der Waals surface area contributed by atoms with Crippen LogP contribution >= 0.6 is 0 Å². The van der Waals surface area contributed by atoms with E-state index in [-0.39, 0.29) is 12.6 Å². The molecule has 0 spiro atoms. The summed E-state index contributed by atoms with van der Waals surface area (Å²) in [5.41, 5.74) is 5.40. The van der Waals surface area contributed by atoms with Gasteiger partial charge in [-0.25, -0.2) is 0 Å². The molecule has 1 aromatic carbocycles. The Kier molecular flexibility index (Phi) is 8.09. The van der Waals surface area contributed by atoms with Gasteiger partial charge in [-0.3, -0.25) is 4.79 Å². The first-order valence-electron chi connectivity index (χ1n) is 4.74. The molecule has 1 aromatic rings. The zero-order valence-corrected chi connectivity index (χ0v) is 8.80. The van der Waals surface area contributed by atoms with Gasteiger partial charge in [0.25, 0.3) is 6.47 Å². The van der Waals surface area contributed by atoms with E-state index in [1.165, 1.54) is 0 Å². The number of nitrogens with two attached hydrogens (primary N) is 1. The van der Waals surface area contributed by atoms with E-state index in [2.05, 4.69) is 0 Å². The van der Waals surface area contributed by atoms with Crippen LogP contribution < -0.4 is 10.5 Å². The van der Waals surface area contributed by atoms with Gasteiger partial charge in [-0.1, -0.05) is 18.2 Å². The van der Waals surface area contributed by atoms with Crippen LogP contribution in [0, 0.1) is 0 Å². The van der Waals surface area contributed by atoms with Crippen LogP contribution in [0.4, 0.5) is 0 Å². The molecule has 0 aromatic heterocycles. The van der Waals surface area contributed by atoms with Crippen LogP contribution in [0.1, 0.15) is 13.3 Å². The molecule has 1 atom stereocenters. The number of carboxylic acid groups (broad SMARTS) is 1. The first kappa shape index (κ1) is 13.4. The lowest BCUT2D eigenvalue weighted by Crippen LogP contribution is -2.16. The van der Waals surface area contributed by atoms with Gasteiger partial charge >= 0.3 is 0 Å². The maximum absolute atomic E-state index is 8.36. The van der Waals surface area contributed by atoms with Crippen molar-refractivity contribution in [3.8, 4) is 5.75 Å². The van der Waals surface area contributed by atoms with Crippen LogP contribution in [0.15, 0.2) is 30.3 Å². The van der Waals surface area contributed by atoms with Gasteiger partial charge in [-0.2, -0.15) is 0 Å². The van der Waals surface area contributed by atoms with Gasteiger partial charge < -0.3 is 15.6 Å². The van der Waals surface area contributed by atoms with E-state index in [9.17, 15) is 0 Å². The Balaban J connectivity index is 0.000000583. The quantitative estimate of drug-likeness (QED) is 0.740. The van der Waals surface area contributed by atoms with Crippen molar-refractivity contribution in [2.24, 2.45) is 5.73 Å². The van der Waals surface area contributed by atoms with Crippen LogP contribution in [0.2, 0.25) is 0 Å². The van der Waals surface area contributed by atoms with Gasteiger partial charge in [0.15, 0.2) is 0 Å². The molecule has 4 nitrogen and oxygen atoms in total. The molecule has 1 rings (SSSR count). The average Bonchev–Trinajstić information content (AvgIpc) is 2.20. The molecule has 15 heavy (non-hydrogen) atoms. The molecular formula is C11H17NO3. The molecule has 84 valence electrons. The number of benzene rings is 1. The number of rotatable bonds is 4. The lowest BCUT2D eigenvalue weighted by Gasteiger charge is -2.12. The van der Waals surface area contributed by atoms with E-state index >= 15 is 0 Å². The molecule has 3 N–H and O–H groups in total. The van der Waals surface area contributed by atoms with Gasteiger partial charge in [0.1, 0.15) is 5.75 Å². The van der Waals surface area contributed by atoms with Crippen LogP contribution in [0.25, 0.3) is 0 Å². The number of hydrogen-bond acceptors (Lipinski definition) is 3. The van der Waals surface area contributed by atoms with Gasteiger partial charge in [0, 0.05) is 0 Å². The predicted molar refractivity (Wildman–Crippen MR) is 58.9 cm³/mol. The normalized spacial score (nSPS) is 10.8. The Morgan fingerprint density at radius 1 is 1.47 bits per heavy atom. The molecule has 0 aliphatic carbocycles. The minimum Gasteiger partial charge on any atom is -0.491 e. The monoisotopic (exact) mass is 211 g/mol. The number of hydrogen-bond donors (Lipinski definition) is 2. The van der Waals surface area contributed by atoms with Crippen molar-refractivity contribution < 1.29 is 14.6 Å². The first-order chi connectivity index (χ1) is 7.24. The van der Waals surface area contributed by atoms with Crippen molar-refractivity contribution >= 4 is 6.47 Å². The summed E-state index contributed by atoms with van der Waals surface area (Å²) in [6.45, 7) is 2.45. The second kappa shape index (κ2) is 9.02. The second-order valence-electron chi connectivity index (χ2n) is 2.92. The van der Waals surface area contributed by atoms with Gasteiger partial charge in [-0.05, 0) is 32.0 Å². The lowest BCUT2D eigenvalue weighted by molar-refractivity contribution is -0.122. The minimum absolute atomic E-state index is 0.206. The van der Waals surface area contributed by atoms with Crippen LogP contribution in [-0.2, 0) is 4.79 Å². The summed E-state index contributed by atoms with van der Waals surface area (Å²) in [6, 6.07) is 9.80. The zero-order valence-electron chi connectivity index (χ0n) is 8.80. The van der Waals surface area contributed by atoms with E-state index in [0.717, 1.165) is 12.2 Å². The standard InChI is InChI=1S/C10H15NO.CH2O2/c1-9(7-8-11)12-10-5-3-2-4-6-10;2-1-3/h2-6,9H,7-8,11H2,1H3;1H,(H,2,3). The first-order valence-corrected chi connectivity index (χ1v) is 4.74. The minimum atomic E-state index is -0.250. The summed E-state index contributed by atoms with van der Waals surface area (Å²) in [7, 11) is 0. The maximum atomic E-state index is 8.36. The highest BCUT2D eigenvalue weighted by molar-refractivity contribution is 5.32. The Morgan fingerprint density at radius 3 is 2.47 bits per heavy atom. The summed E-state index contributed by atoms with van der Waals surface area (Å²) < 4.78 is 5.57. The van der Waals surface area contributed by atoms with Crippen molar-refractivity contribution in [1.82, 2.24) is 0 Å². The molecule has 0 heterocycles. The molecule has 0 amide bonds. The van der Waals surface area contributed by atoms with E-state index in [1.54, 1.807) is 0 Å². The summed E-state index contributed by atoms with van der Waals surface area (Å²) in [5, 5.41) is 6.89. The van der Waals surface area contributed by atoms with Crippen LogP contribution in [0.3, 0.4) is 0 Å². The fourth-order valence-corrected chi connectivity index (χ4v) is 1.03. The predicted octanol–water partition coefficient (Wildman–Crippen LogP) is 1.50. The highest BCUT2D eigenvalue weighted by Crippen LogP contribution is 2.11. The van der Waals surface area contributed by atoms with Crippen molar-refractivity contribution in [3.05, 3.63) is 30.3 Å². The van der Waals surface area contributed by atoms with E-state index in [1.807, 2.05) is 37.3 Å². The number of para-hydroxylation sites is 1. The van der Waals surface area contributed by atoms with Crippen molar-refractivity contribution in [2.75, 3.05) is 6.54 Å². The van der Waals surface area contributed by atoms with Gasteiger partial charge in [-0.15, -0.1) is 0 Å². The SMILES string of the molecule is CC(CCN)Oc1ccccc1.O=CO. The summed E-state index contributed by atoms with van der Waals surface area (Å²) >= 11 is 0. The topological polar surface area (TPSA) is 72.5 Å². The third kappa shape index (κ3) is 7.52. The largest absolute Gasteiger partial charge is 0.491 e. The summed E-state index contributed by atoms with van der Waals surface area (Å²) in [4.78, 5) is 8.36.